The van der Waals surface area contributed by atoms with Crippen molar-refractivity contribution in [3.05, 3.63) is 5.82 Å². The number of halogens is 1. The highest BCUT2D eigenvalue weighted by atomic mass is 35.5. The number of sulfonamides is 1. The Morgan fingerprint density at radius 3 is 1.92 bits per heavy atom. The third-order valence-electron chi connectivity index (χ3n) is 6.65. The molecule has 0 spiro atoms. The third kappa shape index (κ3) is 20.1. The minimum atomic E-state index is -3.50. The van der Waals surface area contributed by atoms with Crippen LogP contribution in [-0.2, 0) is 14.8 Å². The van der Waals surface area contributed by atoms with Gasteiger partial charge in [0.25, 0.3) is 0 Å². The van der Waals surface area contributed by atoms with Gasteiger partial charge in [-0.25, -0.2) is 17.9 Å². The summed E-state index contributed by atoms with van der Waals surface area (Å²) in [5.74, 6) is 0.628. The zero-order chi connectivity index (χ0) is 28.6. The lowest BCUT2D eigenvalue weighted by molar-refractivity contribution is 0.122. The Balaban J connectivity index is 2.07. The zero-order valence-electron chi connectivity index (χ0n) is 24.3. The number of aryl methyl sites for hydroxylation is 1. The van der Waals surface area contributed by atoms with Crippen LogP contribution in [0.15, 0.2) is 0 Å². The predicted octanol–water partition coefficient (Wildman–Crippen LogP) is 6.06. The van der Waals surface area contributed by atoms with E-state index >= 15 is 0 Å². The Morgan fingerprint density at radius 2 is 1.44 bits per heavy atom. The molecule has 1 aromatic rings. The molecule has 10 nitrogen and oxygen atoms in total. The lowest BCUT2D eigenvalue weighted by Crippen LogP contribution is -2.36. The summed E-state index contributed by atoms with van der Waals surface area (Å²) in [4.78, 5) is 13.4. The summed E-state index contributed by atoms with van der Waals surface area (Å²) in [6, 6.07) is -0.613. The van der Waals surface area contributed by atoms with Crippen LogP contribution in [0.2, 0.25) is 0 Å². The number of carbonyl (C=O) groups excluding carboxylic acids is 1. The van der Waals surface area contributed by atoms with Gasteiger partial charge in [-0.05, 0) is 25.0 Å². The largest absolute Gasteiger partial charge is 0.447 e. The van der Waals surface area contributed by atoms with Crippen molar-refractivity contribution in [3.8, 4) is 0 Å². The first-order valence-electron chi connectivity index (χ1n) is 15.1. The summed E-state index contributed by atoms with van der Waals surface area (Å²) >= 11 is 5.59. The molecule has 0 fully saturated rings. The number of nitrogens with zero attached hydrogens (tertiary/aromatic N) is 4. The van der Waals surface area contributed by atoms with Gasteiger partial charge in [0.2, 0.25) is 10.0 Å². The first kappa shape index (κ1) is 35.6. The maximum absolute atomic E-state index is 12.1. The second-order valence-corrected chi connectivity index (χ2v) is 12.7. The lowest BCUT2D eigenvalue weighted by Gasteiger charge is -2.17. The van der Waals surface area contributed by atoms with Crippen molar-refractivity contribution in [2.24, 2.45) is 0 Å². The van der Waals surface area contributed by atoms with Crippen molar-refractivity contribution >= 4 is 27.7 Å². The zero-order valence-corrected chi connectivity index (χ0v) is 25.9. The van der Waals surface area contributed by atoms with Gasteiger partial charge in [0.1, 0.15) is 12.6 Å². The van der Waals surface area contributed by atoms with Gasteiger partial charge in [0, 0.05) is 19.0 Å². The summed E-state index contributed by atoms with van der Waals surface area (Å²) in [6.45, 7) is 4.39. The Bertz CT molecular complexity index is 840. The molecular weight excluding hydrogens is 540 g/mol. The summed E-state index contributed by atoms with van der Waals surface area (Å²) in [6.07, 6.45) is 20.7. The molecule has 0 aliphatic rings. The number of rotatable bonds is 26. The summed E-state index contributed by atoms with van der Waals surface area (Å²) in [5, 5.41) is 14.6. The molecule has 1 unspecified atom stereocenters. The molecule has 0 saturated heterocycles. The molecule has 1 rings (SSSR count). The highest BCUT2D eigenvalue weighted by Gasteiger charge is 2.20. The van der Waals surface area contributed by atoms with E-state index in [2.05, 4.69) is 32.4 Å². The maximum atomic E-state index is 12.1. The van der Waals surface area contributed by atoms with Crippen LogP contribution in [-0.4, -0.2) is 66.0 Å². The molecule has 0 saturated carbocycles. The number of carbonyl (C=O) groups is 1. The molecule has 1 aromatic heterocycles. The maximum Gasteiger partial charge on any atom is 0.407 e. The van der Waals surface area contributed by atoms with Gasteiger partial charge in [0.15, 0.2) is 5.82 Å². The van der Waals surface area contributed by atoms with E-state index in [1.807, 2.05) is 0 Å². The molecule has 228 valence electrons. The Morgan fingerprint density at radius 1 is 0.897 bits per heavy atom. The van der Waals surface area contributed by atoms with E-state index < -0.39 is 22.2 Å². The number of tetrazole rings is 1. The monoisotopic (exact) mass is 592 g/mol. The number of aromatic nitrogens is 4. The number of unbranched alkanes of at least 4 members (excludes halogenated alkanes) is 15. The van der Waals surface area contributed by atoms with Crippen LogP contribution in [0, 0.1) is 6.92 Å². The molecule has 39 heavy (non-hydrogen) atoms. The quantitative estimate of drug-likeness (QED) is 0.0988. The fourth-order valence-electron chi connectivity index (χ4n) is 4.29. The van der Waals surface area contributed by atoms with Crippen molar-refractivity contribution in [3.63, 3.8) is 0 Å². The van der Waals surface area contributed by atoms with E-state index in [-0.39, 0.29) is 24.8 Å². The molecule has 12 heteroatoms. The molecule has 0 aromatic carbocycles. The number of alkyl carbamates (subject to hydrolysis) is 1. The third-order valence-corrected chi connectivity index (χ3v) is 8.35. The Kier molecular flexibility index (Phi) is 21.2. The van der Waals surface area contributed by atoms with Gasteiger partial charge in [-0.1, -0.05) is 103 Å². The fraction of sp³-hybridized carbons (Fsp3) is 0.926. The first-order valence-corrected chi connectivity index (χ1v) is 17.3. The Hall–Kier alpha value is -1.46. The number of hydrogen-bond acceptors (Lipinski definition) is 7. The second-order valence-electron chi connectivity index (χ2n) is 10.3. The molecule has 1 heterocycles. The van der Waals surface area contributed by atoms with Crippen molar-refractivity contribution in [2.75, 3.05) is 31.3 Å². The van der Waals surface area contributed by atoms with Crippen LogP contribution in [0.4, 0.5) is 4.79 Å². The van der Waals surface area contributed by atoms with Crippen LogP contribution in [0.25, 0.3) is 0 Å². The molecule has 1 atom stereocenters. The van der Waals surface area contributed by atoms with Gasteiger partial charge < -0.3 is 10.1 Å². The number of hydrogen-bond donors (Lipinski definition) is 2. The number of alkyl halides is 1. The SMILES string of the molecule is CCCCCCCCCCCCCCCCCCNC(=O)OCC(CNS(=O)(=O)CCCCl)n1nnc(C)n1. The standard InChI is InChI=1S/C27H53ClN6O4S/c1-3-4-5-6-7-8-9-10-11-12-13-14-15-16-17-18-21-29-27(35)38-24-26(34-32-25(2)31-33-34)23-30-39(36,37)22-19-20-28/h26,30H,3-24H2,1-2H3,(H,29,35). The van der Waals surface area contributed by atoms with Gasteiger partial charge in [-0.15, -0.1) is 21.8 Å². The highest BCUT2D eigenvalue weighted by Crippen LogP contribution is 2.13. The number of nitrogens with one attached hydrogen (secondary N) is 2. The van der Waals surface area contributed by atoms with Gasteiger partial charge >= 0.3 is 6.09 Å². The minimum Gasteiger partial charge on any atom is -0.447 e. The van der Waals surface area contributed by atoms with Crippen LogP contribution in [0.5, 0.6) is 0 Å². The topological polar surface area (TPSA) is 128 Å². The fourth-order valence-corrected chi connectivity index (χ4v) is 5.69. The van der Waals surface area contributed by atoms with E-state index in [1.54, 1.807) is 6.92 Å². The van der Waals surface area contributed by atoms with Crippen molar-refractivity contribution < 1.29 is 17.9 Å². The van der Waals surface area contributed by atoms with Gasteiger partial charge in [-0.3, -0.25) is 0 Å². The number of amides is 1. The van der Waals surface area contributed by atoms with Crippen molar-refractivity contribution in [1.82, 2.24) is 30.2 Å². The van der Waals surface area contributed by atoms with Crippen molar-refractivity contribution in [1.29, 1.82) is 0 Å². The van der Waals surface area contributed by atoms with Gasteiger partial charge in [-0.2, -0.15) is 4.80 Å². The number of ether oxygens (including phenoxy) is 1. The molecule has 0 aliphatic heterocycles. The van der Waals surface area contributed by atoms with Gasteiger partial charge in [0.05, 0.1) is 5.75 Å². The predicted molar refractivity (Wildman–Crippen MR) is 158 cm³/mol. The average Bonchev–Trinajstić information content (AvgIpc) is 3.35. The Labute approximate surface area is 241 Å². The first-order chi connectivity index (χ1) is 18.9. The van der Waals surface area contributed by atoms with Crippen LogP contribution < -0.4 is 10.0 Å². The lowest BCUT2D eigenvalue weighted by atomic mass is 10.0. The molecule has 0 radical (unpaired) electrons. The minimum absolute atomic E-state index is 0.0210. The summed E-state index contributed by atoms with van der Waals surface area (Å²) in [7, 11) is -3.50. The van der Waals surface area contributed by atoms with E-state index in [9.17, 15) is 13.2 Å². The smallest absolute Gasteiger partial charge is 0.407 e. The highest BCUT2D eigenvalue weighted by molar-refractivity contribution is 7.89. The summed E-state index contributed by atoms with van der Waals surface area (Å²) < 4.78 is 32.0. The average molecular weight is 593 g/mol. The molecule has 0 bridgehead atoms. The van der Waals surface area contributed by atoms with E-state index in [1.165, 1.54) is 94.7 Å². The molecule has 2 N–H and O–H groups in total. The molecular formula is C27H53ClN6O4S. The second kappa shape index (κ2) is 23.3. The van der Waals surface area contributed by atoms with E-state index in [0.29, 0.717) is 18.8 Å². The molecule has 0 aliphatic carbocycles. The van der Waals surface area contributed by atoms with Crippen LogP contribution in [0.3, 0.4) is 0 Å². The van der Waals surface area contributed by atoms with E-state index in [0.717, 1.165) is 12.8 Å². The normalized spacial score (nSPS) is 12.5. The molecule has 1 amide bonds. The van der Waals surface area contributed by atoms with Crippen LogP contribution >= 0.6 is 11.6 Å². The van der Waals surface area contributed by atoms with Crippen LogP contribution in [0.1, 0.15) is 128 Å². The van der Waals surface area contributed by atoms with E-state index in [4.69, 9.17) is 16.3 Å². The van der Waals surface area contributed by atoms with Crippen molar-refractivity contribution in [2.45, 2.75) is 129 Å². The summed E-state index contributed by atoms with van der Waals surface area (Å²) in [5.41, 5.74) is 0.